The van der Waals surface area contributed by atoms with E-state index in [1.54, 1.807) is 6.92 Å². The number of hydrogen-bond donors (Lipinski definition) is 1. The zero-order chi connectivity index (χ0) is 19.0. The van der Waals surface area contributed by atoms with Gasteiger partial charge in [-0.25, -0.2) is 0 Å². The molecule has 1 unspecified atom stereocenters. The molecule has 0 spiro atoms. The molecule has 1 fully saturated rings. The molecule has 0 aromatic heterocycles. The maximum Gasteiger partial charge on any atom is 0.303 e. The van der Waals surface area contributed by atoms with Crippen molar-refractivity contribution in [1.82, 2.24) is 0 Å². The predicted molar refractivity (Wildman–Crippen MR) is 85.2 cm³/mol. The molecular formula is C16H27NO8. The summed E-state index contributed by atoms with van der Waals surface area (Å²) in [5.41, 5.74) is 5.44. The first-order chi connectivity index (χ1) is 11.8. The smallest absolute Gasteiger partial charge is 0.303 e. The van der Waals surface area contributed by atoms with E-state index >= 15 is 0 Å². The van der Waals surface area contributed by atoms with Crippen LogP contribution in [0.25, 0.3) is 0 Å². The maximum absolute atomic E-state index is 11.5. The van der Waals surface area contributed by atoms with Crippen LogP contribution in [-0.2, 0) is 38.1 Å². The van der Waals surface area contributed by atoms with E-state index in [1.165, 1.54) is 20.8 Å². The van der Waals surface area contributed by atoms with E-state index < -0.39 is 48.6 Å². The molecule has 0 radical (unpaired) electrons. The molecule has 0 aromatic carbocycles. The van der Waals surface area contributed by atoms with Crippen LogP contribution in [0.1, 0.15) is 40.5 Å². The summed E-state index contributed by atoms with van der Waals surface area (Å²) < 4.78 is 27.1. The lowest BCUT2D eigenvalue weighted by Gasteiger charge is -2.43. The minimum Gasteiger partial charge on any atom is -0.456 e. The lowest BCUT2D eigenvalue weighted by molar-refractivity contribution is -0.300. The standard InChI is InChI=1S/C16H27NO8/c1-9-13(23-10(2)18)14(24-11(3)19)15(25-12(4)20)16(22-9)21-8-6-5-7-17/h9,13-16H,5-8,17H2,1-4H3/t9-,13-,14+,15+,16?/m0/s1. The van der Waals surface area contributed by atoms with Crippen LogP contribution >= 0.6 is 0 Å². The predicted octanol–water partition coefficient (Wildman–Crippen LogP) is 0.282. The van der Waals surface area contributed by atoms with E-state index in [4.69, 9.17) is 29.4 Å². The van der Waals surface area contributed by atoms with Crippen molar-refractivity contribution in [2.75, 3.05) is 13.2 Å². The number of nitrogens with two attached hydrogens (primary N) is 1. The molecule has 9 nitrogen and oxygen atoms in total. The summed E-state index contributed by atoms with van der Waals surface area (Å²) in [6.07, 6.45) is -3.12. The summed E-state index contributed by atoms with van der Waals surface area (Å²) >= 11 is 0. The van der Waals surface area contributed by atoms with Crippen LogP contribution in [0.2, 0.25) is 0 Å². The van der Waals surface area contributed by atoms with E-state index in [9.17, 15) is 14.4 Å². The van der Waals surface area contributed by atoms with Crippen LogP contribution in [0.5, 0.6) is 0 Å². The fourth-order valence-electron chi connectivity index (χ4n) is 2.55. The lowest BCUT2D eigenvalue weighted by atomic mass is 9.99. The first-order valence-corrected chi connectivity index (χ1v) is 8.25. The van der Waals surface area contributed by atoms with E-state index in [0.29, 0.717) is 19.6 Å². The summed E-state index contributed by atoms with van der Waals surface area (Å²) in [6.45, 7) is 6.18. The molecule has 1 aliphatic heterocycles. The number of carbonyl (C=O) groups is 3. The third-order valence-corrected chi connectivity index (χ3v) is 3.51. The molecule has 144 valence electrons. The number of rotatable bonds is 8. The van der Waals surface area contributed by atoms with Crippen LogP contribution < -0.4 is 5.73 Å². The first kappa shape index (κ1) is 21.3. The van der Waals surface area contributed by atoms with Crippen molar-refractivity contribution in [1.29, 1.82) is 0 Å². The fraction of sp³-hybridized carbons (Fsp3) is 0.812. The number of unbranched alkanes of at least 4 members (excludes halogenated alkanes) is 1. The Kier molecular flexibility index (Phi) is 8.81. The largest absolute Gasteiger partial charge is 0.456 e. The lowest BCUT2D eigenvalue weighted by Crippen LogP contribution is -2.61. The first-order valence-electron chi connectivity index (χ1n) is 8.25. The van der Waals surface area contributed by atoms with Gasteiger partial charge in [-0.05, 0) is 26.3 Å². The van der Waals surface area contributed by atoms with Crippen LogP contribution in [0.3, 0.4) is 0 Å². The Hall–Kier alpha value is -1.71. The molecule has 0 saturated carbocycles. The molecule has 1 saturated heterocycles. The zero-order valence-electron chi connectivity index (χ0n) is 15.1. The summed E-state index contributed by atoms with van der Waals surface area (Å²) in [6, 6.07) is 0. The average molecular weight is 361 g/mol. The van der Waals surface area contributed by atoms with E-state index in [1.807, 2.05) is 0 Å². The van der Waals surface area contributed by atoms with E-state index in [2.05, 4.69) is 0 Å². The summed E-state index contributed by atoms with van der Waals surface area (Å²) in [5.74, 6) is -1.77. The number of ether oxygens (including phenoxy) is 5. The van der Waals surface area contributed by atoms with Gasteiger partial charge in [-0.3, -0.25) is 14.4 Å². The molecule has 1 heterocycles. The van der Waals surface area contributed by atoms with Gasteiger partial charge in [0.05, 0.1) is 6.10 Å². The minimum atomic E-state index is -1.06. The summed E-state index contributed by atoms with van der Waals surface area (Å²) in [7, 11) is 0. The van der Waals surface area contributed by atoms with Crippen molar-refractivity contribution in [2.45, 2.75) is 71.2 Å². The number of carbonyl (C=O) groups excluding carboxylic acids is 3. The summed E-state index contributed by atoms with van der Waals surface area (Å²) in [5, 5.41) is 0. The SMILES string of the molecule is CC(=O)O[C@@H]1[C@@H](OC(C)=O)[C@@H](OC(C)=O)C(OCCCCN)O[C@H]1C. The molecule has 1 rings (SSSR count). The highest BCUT2D eigenvalue weighted by atomic mass is 16.7. The quantitative estimate of drug-likeness (QED) is 0.369. The van der Waals surface area contributed by atoms with Gasteiger partial charge in [0.2, 0.25) is 0 Å². The average Bonchev–Trinajstić information content (AvgIpc) is 2.49. The second kappa shape index (κ2) is 10.3. The van der Waals surface area contributed by atoms with Crippen molar-refractivity contribution in [3.8, 4) is 0 Å². The van der Waals surface area contributed by atoms with Gasteiger partial charge in [0.15, 0.2) is 24.6 Å². The van der Waals surface area contributed by atoms with Gasteiger partial charge in [-0.15, -0.1) is 0 Å². The molecule has 25 heavy (non-hydrogen) atoms. The van der Waals surface area contributed by atoms with Crippen LogP contribution in [0.15, 0.2) is 0 Å². The Morgan fingerprint density at radius 3 is 1.92 bits per heavy atom. The Morgan fingerprint density at radius 2 is 1.40 bits per heavy atom. The minimum absolute atomic E-state index is 0.331. The molecule has 5 atom stereocenters. The fourth-order valence-corrected chi connectivity index (χ4v) is 2.55. The maximum atomic E-state index is 11.5. The highest BCUT2D eigenvalue weighted by molar-refractivity contribution is 5.68. The van der Waals surface area contributed by atoms with Crippen molar-refractivity contribution in [3.63, 3.8) is 0 Å². The molecule has 1 aliphatic rings. The number of esters is 3. The van der Waals surface area contributed by atoms with Gasteiger partial charge in [-0.1, -0.05) is 0 Å². The third-order valence-electron chi connectivity index (χ3n) is 3.51. The Morgan fingerprint density at radius 1 is 0.880 bits per heavy atom. The molecule has 2 N–H and O–H groups in total. The second-order valence-electron chi connectivity index (χ2n) is 5.80. The van der Waals surface area contributed by atoms with Gasteiger partial charge in [0.25, 0.3) is 0 Å². The highest BCUT2D eigenvalue weighted by Gasteiger charge is 2.50. The Bertz CT molecular complexity index is 469. The normalized spacial score (nSPS) is 28.9. The van der Waals surface area contributed by atoms with Crippen LogP contribution in [0.4, 0.5) is 0 Å². The van der Waals surface area contributed by atoms with Crippen LogP contribution in [0, 0.1) is 0 Å². The number of hydrogen-bond acceptors (Lipinski definition) is 9. The van der Waals surface area contributed by atoms with E-state index in [0.717, 1.165) is 6.42 Å². The van der Waals surface area contributed by atoms with Crippen molar-refractivity contribution in [2.24, 2.45) is 5.73 Å². The molecule has 0 amide bonds. The second-order valence-corrected chi connectivity index (χ2v) is 5.80. The molecule has 0 aromatic rings. The van der Waals surface area contributed by atoms with Gasteiger partial charge in [-0.2, -0.15) is 0 Å². The molecule has 0 bridgehead atoms. The zero-order valence-corrected chi connectivity index (χ0v) is 15.1. The van der Waals surface area contributed by atoms with Crippen molar-refractivity contribution < 1.29 is 38.1 Å². The van der Waals surface area contributed by atoms with Gasteiger partial charge in [0.1, 0.15) is 0 Å². The van der Waals surface area contributed by atoms with Crippen molar-refractivity contribution in [3.05, 3.63) is 0 Å². The van der Waals surface area contributed by atoms with E-state index in [-0.39, 0.29) is 0 Å². The van der Waals surface area contributed by atoms with Gasteiger partial charge in [0, 0.05) is 27.4 Å². The van der Waals surface area contributed by atoms with Gasteiger partial charge < -0.3 is 29.4 Å². The Labute approximate surface area is 147 Å². The van der Waals surface area contributed by atoms with Gasteiger partial charge >= 0.3 is 17.9 Å². The Balaban J connectivity index is 2.99. The molecule has 0 aliphatic carbocycles. The van der Waals surface area contributed by atoms with Crippen molar-refractivity contribution >= 4 is 17.9 Å². The molecular weight excluding hydrogens is 334 g/mol. The van der Waals surface area contributed by atoms with Crippen LogP contribution in [-0.4, -0.2) is 61.8 Å². The topological polar surface area (TPSA) is 123 Å². The monoisotopic (exact) mass is 361 g/mol. The summed E-state index contributed by atoms with van der Waals surface area (Å²) in [4.78, 5) is 34.3. The third kappa shape index (κ3) is 6.97. The highest BCUT2D eigenvalue weighted by Crippen LogP contribution is 2.29. The molecule has 9 heteroatoms.